The SMILES string of the molecule is N#CCCNC(=O)CSc1nnc2n(-c3ccccc3)c(=O)c3ccccc3n12. The second-order valence-electron chi connectivity index (χ2n) is 6.16. The van der Waals surface area contributed by atoms with Gasteiger partial charge in [0.2, 0.25) is 11.7 Å². The Labute approximate surface area is 169 Å². The molecule has 1 amide bonds. The van der Waals surface area contributed by atoms with Gasteiger partial charge >= 0.3 is 0 Å². The Morgan fingerprint density at radius 2 is 1.86 bits per heavy atom. The summed E-state index contributed by atoms with van der Waals surface area (Å²) < 4.78 is 3.31. The standard InChI is InChI=1S/C20H16N6O2S/c21-11-6-12-22-17(27)13-29-20-24-23-19-25(14-7-2-1-3-8-14)18(28)15-9-4-5-10-16(15)26(19)20/h1-5,7-10H,6,12-13H2,(H,22,27). The summed E-state index contributed by atoms with van der Waals surface area (Å²) in [5.41, 5.74) is 1.18. The zero-order chi connectivity index (χ0) is 20.2. The van der Waals surface area contributed by atoms with Crippen molar-refractivity contribution in [3.05, 3.63) is 65.0 Å². The average Bonchev–Trinajstić information content (AvgIpc) is 3.17. The molecule has 2 heterocycles. The first-order chi connectivity index (χ1) is 14.2. The van der Waals surface area contributed by atoms with Crippen LogP contribution in [0.5, 0.6) is 0 Å². The number of carbonyl (C=O) groups is 1. The number of hydrogen-bond acceptors (Lipinski definition) is 6. The van der Waals surface area contributed by atoms with Crippen LogP contribution in [-0.2, 0) is 4.79 Å². The molecule has 0 aliphatic rings. The van der Waals surface area contributed by atoms with E-state index in [0.29, 0.717) is 34.1 Å². The van der Waals surface area contributed by atoms with Gasteiger partial charge in [0.05, 0.1) is 34.8 Å². The van der Waals surface area contributed by atoms with Crippen LogP contribution < -0.4 is 10.9 Å². The number of benzene rings is 2. The number of nitrogens with zero attached hydrogens (tertiary/aromatic N) is 5. The molecule has 0 saturated heterocycles. The zero-order valence-corrected chi connectivity index (χ0v) is 16.1. The first-order valence-electron chi connectivity index (χ1n) is 8.91. The largest absolute Gasteiger partial charge is 0.354 e. The molecule has 4 rings (SSSR count). The Hall–Kier alpha value is -3.64. The molecule has 0 aliphatic carbocycles. The molecule has 0 aliphatic heterocycles. The van der Waals surface area contributed by atoms with Gasteiger partial charge in [-0.2, -0.15) is 5.26 Å². The van der Waals surface area contributed by atoms with Gasteiger partial charge in [0.1, 0.15) is 0 Å². The van der Waals surface area contributed by atoms with Crippen LogP contribution in [0.25, 0.3) is 22.4 Å². The number of amides is 1. The second-order valence-corrected chi connectivity index (χ2v) is 7.10. The van der Waals surface area contributed by atoms with Crippen molar-refractivity contribution >= 4 is 34.3 Å². The first kappa shape index (κ1) is 18.7. The van der Waals surface area contributed by atoms with Crippen LogP contribution in [0.4, 0.5) is 0 Å². The lowest BCUT2D eigenvalue weighted by molar-refractivity contribution is -0.118. The van der Waals surface area contributed by atoms with E-state index in [1.54, 1.807) is 10.5 Å². The summed E-state index contributed by atoms with van der Waals surface area (Å²) >= 11 is 1.23. The summed E-state index contributed by atoms with van der Waals surface area (Å²) in [5.74, 6) is 0.320. The molecule has 0 saturated carbocycles. The lowest BCUT2D eigenvalue weighted by Gasteiger charge is -2.11. The summed E-state index contributed by atoms with van der Waals surface area (Å²) in [4.78, 5) is 25.2. The van der Waals surface area contributed by atoms with E-state index in [1.165, 1.54) is 16.3 Å². The van der Waals surface area contributed by atoms with E-state index >= 15 is 0 Å². The summed E-state index contributed by atoms with van der Waals surface area (Å²) in [5, 5.41) is 20.8. The van der Waals surface area contributed by atoms with Gasteiger partial charge in [0, 0.05) is 6.54 Å². The molecule has 0 fully saturated rings. The fourth-order valence-corrected chi connectivity index (χ4v) is 3.79. The van der Waals surface area contributed by atoms with E-state index in [2.05, 4.69) is 15.5 Å². The predicted octanol–water partition coefficient (Wildman–Crippen LogP) is 2.16. The van der Waals surface area contributed by atoms with Crippen LogP contribution >= 0.6 is 11.8 Å². The maximum absolute atomic E-state index is 13.1. The highest BCUT2D eigenvalue weighted by Crippen LogP contribution is 2.23. The van der Waals surface area contributed by atoms with E-state index in [4.69, 9.17) is 5.26 Å². The molecule has 9 heteroatoms. The number of fused-ring (bicyclic) bond motifs is 3. The molecule has 0 atom stereocenters. The molecule has 144 valence electrons. The van der Waals surface area contributed by atoms with Crippen LogP contribution in [0.2, 0.25) is 0 Å². The molecule has 0 bridgehead atoms. The molecule has 29 heavy (non-hydrogen) atoms. The Kier molecular flexibility index (Phi) is 5.27. The molecule has 0 spiro atoms. The number of nitriles is 1. The molecule has 0 unspecified atom stereocenters. The number of para-hydroxylation sites is 2. The van der Waals surface area contributed by atoms with Crippen molar-refractivity contribution in [1.82, 2.24) is 24.5 Å². The zero-order valence-electron chi connectivity index (χ0n) is 15.3. The minimum absolute atomic E-state index is 0.130. The second kappa shape index (κ2) is 8.16. The number of rotatable bonds is 6. The van der Waals surface area contributed by atoms with Crippen LogP contribution in [-0.4, -0.2) is 37.4 Å². The van der Waals surface area contributed by atoms with E-state index in [-0.39, 0.29) is 23.6 Å². The highest BCUT2D eigenvalue weighted by atomic mass is 32.2. The summed E-state index contributed by atoms with van der Waals surface area (Å²) in [6, 6.07) is 18.5. The van der Waals surface area contributed by atoms with Gasteiger partial charge in [-0.15, -0.1) is 10.2 Å². The van der Waals surface area contributed by atoms with Crippen molar-refractivity contribution in [2.24, 2.45) is 0 Å². The fourth-order valence-electron chi connectivity index (χ4n) is 3.02. The average molecular weight is 404 g/mol. The van der Waals surface area contributed by atoms with Crippen molar-refractivity contribution in [2.75, 3.05) is 12.3 Å². The van der Waals surface area contributed by atoms with E-state index in [0.717, 1.165) is 0 Å². The summed E-state index contributed by atoms with van der Waals surface area (Å²) in [7, 11) is 0. The van der Waals surface area contributed by atoms with Gasteiger partial charge < -0.3 is 5.32 Å². The highest BCUT2D eigenvalue weighted by Gasteiger charge is 2.18. The Morgan fingerprint density at radius 1 is 1.10 bits per heavy atom. The van der Waals surface area contributed by atoms with Crippen molar-refractivity contribution in [3.63, 3.8) is 0 Å². The highest BCUT2D eigenvalue weighted by molar-refractivity contribution is 7.99. The van der Waals surface area contributed by atoms with Crippen LogP contribution in [0.1, 0.15) is 6.42 Å². The van der Waals surface area contributed by atoms with Gasteiger partial charge in [-0.1, -0.05) is 42.1 Å². The van der Waals surface area contributed by atoms with E-state index < -0.39 is 0 Å². The van der Waals surface area contributed by atoms with Gasteiger partial charge in [-0.05, 0) is 24.3 Å². The summed E-state index contributed by atoms with van der Waals surface area (Å²) in [6.45, 7) is 0.312. The van der Waals surface area contributed by atoms with Crippen molar-refractivity contribution < 1.29 is 4.79 Å². The van der Waals surface area contributed by atoms with E-state index in [9.17, 15) is 9.59 Å². The summed E-state index contributed by atoms with van der Waals surface area (Å²) in [6.07, 6.45) is 0.262. The quantitative estimate of drug-likeness (QED) is 0.390. The topological polar surface area (TPSA) is 105 Å². The third kappa shape index (κ3) is 3.58. The third-order valence-electron chi connectivity index (χ3n) is 4.30. The van der Waals surface area contributed by atoms with Gasteiger partial charge in [0.25, 0.3) is 5.56 Å². The number of hydrogen-bond donors (Lipinski definition) is 1. The van der Waals surface area contributed by atoms with Gasteiger partial charge in [-0.3, -0.25) is 14.0 Å². The minimum Gasteiger partial charge on any atom is -0.354 e. The molecule has 2 aromatic heterocycles. The monoisotopic (exact) mass is 404 g/mol. The predicted molar refractivity (Wildman–Crippen MR) is 110 cm³/mol. The lowest BCUT2D eigenvalue weighted by Crippen LogP contribution is -2.26. The maximum atomic E-state index is 13.1. The number of thioether (sulfide) groups is 1. The van der Waals surface area contributed by atoms with Crippen LogP contribution in [0.3, 0.4) is 0 Å². The van der Waals surface area contributed by atoms with E-state index in [1.807, 2.05) is 54.6 Å². The van der Waals surface area contributed by atoms with Crippen molar-refractivity contribution in [1.29, 1.82) is 5.26 Å². The van der Waals surface area contributed by atoms with Gasteiger partial charge in [-0.25, -0.2) is 4.57 Å². The number of aromatic nitrogens is 4. The van der Waals surface area contributed by atoms with Crippen LogP contribution in [0.15, 0.2) is 64.5 Å². The number of carbonyl (C=O) groups excluding carboxylic acids is 1. The fraction of sp³-hybridized carbons (Fsp3) is 0.150. The van der Waals surface area contributed by atoms with Gasteiger partial charge in [0.15, 0.2) is 5.16 Å². The Morgan fingerprint density at radius 3 is 2.66 bits per heavy atom. The molecule has 2 aromatic carbocycles. The molecule has 1 N–H and O–H groups in total. The molecular weight excluding hydrogens is 388 g/mol. The lowest BCUT2D eigenvalue weighted by atomic mass is 10.2. The molecule has 4 aromatic rings. The smallest absolute Gasteiger partial charge is 0.267 e. The van der Waals surface area contributed by atoms with Crippen LogP contribution in [0, 0.1) is 11.3 Å². The van der Waals surface area contributed by atoms with Crippen molar-refractivity contribution in [2.45, 2.75) is 11.6 Å². The Balaban J connectivity index is 1.81. The molecular formula is C20H16N6O2S. The maximum Gasteiger partial charge on any atom is 0.267 e. The molecule has 0 radical (unpaired) electrons. The normalized spacial score (nSPS) is 10.9. The Bertz CT molecular complexity index is 1290. The first-order valence-corrected chi connectivity index (χ1v) is 9.90. The molecule has 8 nitrogen and oxygen atoms in total. The minimum atomic E-state index is -0.192. The third-order valence-corrected chi connectivity index (χ3v) is 5.23. The van der Waals surface area contributed by atoms with Crippen molar-refractivity contribution in [3.8, 4) is 11.8 Å². The number of nitrogens with one attached hydrogen (secondary N) is 1.